The minimum Gasteiger partial charge on any atom is -0.369 e. The van der Waals surface area contributed by atoms with Gasteiger partial charge in [0.1, 0.15) is 10.2 Å². The van der Waals surface area contributed by atoms with E-state index in [0.29, 0.717) is 5.56 Å². The van der Waals surface area contributed by atoms with Crippen molar-refractivity contribution in [1.29, 1.82) is 0 Å². The molecule has 0 aliphatic heterocycles. The minimum atomic E-state index is -1.31. The average Bonchev–Trinajstić information content (AvgIpc) is 2.77. The van der Waals surface area contributed by atoms with Gasteiger partial charge < -0.3 is 5.73 Å². The first-order valence-corrected chi connectivity index (χ1v) is 6.09. The van der Waals surface area contributed by atoms with Crippen LogP contribution in [0.2, 0.25) is 10.0 Å². The van der Waals surface area contributed by atoms with E-state index in [0.717, 1.165) is 6.07 Å². The maximum atomic E-state index is 13.4. The highest BCUT2D eigenvalue weighted by Crippen LogP contribution is 2.65. The molecule has 17 heavy (non-hydrogen) atoms. The summed E-state index contributed by atoms with van der Waals surface area (Å²) in [4.78, 5) is 11.1. The van der Waals surface area contributed by atoms with Crippen molar-refractivity contribution < 1.29 is 9.18 Å². The number of primary amides is 1. The van der Waals surface area contributed by atoms with Crippen molar-refractivity contribution in [2.75, 3.05) is 0 Å². The number of hydrogen-bond donors (Lipinski definition) is 1. The summed E-state index contributed by atoms with van der Waals surface area (Å²) in [7, 11) is 0. The fourth-order valence-corrected chi connectivity index (χ4v) is 3.02. The second-order valence-electron chi connectivity index (χ2n) is 3.83. The fourth-order valence-electron chi connectivity index (χ4n) is 1.85. The van der Waals surface area contributed by atoms with Crippen molar-refractivity contribution in [2.24, 2.45) is 11.7 Å². The lowest BCUT2D eigenvalue weighted by atomic mass is 10.1. The molecule has 1 aromatic rings. The quantitative estimate of drug-likeness (QED) is 0.658. The number of rotatable bonds is 2. The van der Waals surface area contributed by atoms with E-state index in [1.54, 1.807) is 0 Å². The van der Waals surface area contributed by atoms with Gasteiger partial charge in [0.2, 0.25) is 5.91 Å². The molecule has 1 saturated carbocycles. The van der Waals surface area contributed by atoms with Crippen molar-refractivity contribution in [3.63, 3.8) is 0 Å². The van der Waals surface area contributed by atoms with E-state index in [1.165, 1.54) is 6.07 Å². The van der Waals surface area contributed by atoms with E-state index in [2.05, 4.69) is 0 Å². The van der Waals surface area contributed by atoms with Gasteiger partial charge in [-0.25, -0.2) is 4.39 Å². The van der Waals surface area contributed by atoms with Gasteiger partial charge in [0.25, 0.3) is 0 Å². The number of hydrogen-bond acceptors (Lipinski definition) is 1. The molecule has 0 radical (unpaired) electrons. The molecule has 2 rings (SSSR count). The highest BCUT2D eigenvalue weighted by Gasteiger charge is 2.67. The van der Waals surface area contributed by atoms with Crippen molar-refractivity contribution in [3.8, 4) is 0 Å². The Labute approximate surface area is 117 Å². The largest absolute Gasteiger partial charge is 0.369 e. The van der Waals surface area contributed by atoms with E-state index < -0.39 is 27.9 Å². The second-order valence-corrected chi connectivity index (χ2v) is 6.06. The van der Waals surface area contributed by atoms with Crippen molar-refractivity contribution in [3.05, 3.63) is 33.6 Å². The van der Waals surface area contributed by atoms with Crippen LogP contribution in [0.25, 0.3) is 0 Å². The van der Waals surface area contributed by atoms with Gasteiger partial charge in [0, 0.05) is 5.92 Å². The molecule has 0 saturated heterocycles. The van der Waals surface area contributed by atoms with Crippen molar-refractivity contribution in [1.82, 2.24) is 0 Å². The van der Waals surface area contributed by atoms with Crippen molar-refractivity contribution in [2.45, 2.75) is 10.3 Å². The molecule has 0 heterocycles. The number of alkyl halides is 2. The summed E-state index contributed by atoms with van der Waals surface area (Å²) >= 11 is 23.1. The zero-order chi connectivity index (χ0) is 13.0. The summed E-state index contributed by atoms with van der Waals surface area (Å²) in [5.41, 5.74) is 5.55. The topological polar surface area (TPSA) is 43.1 Å². The zero-order valence-electron chi connectivity index (χ0n) is 8.18. The monoisotopic (exact) mass is 315 g/mol. The molecule has 2 nitrogen and oxygen atoms in total. The van der Waals surface area contributed by atoms with Gasteiger partial charge in [0.05, 0.1) is 16.0 Å². The Morgan fingerprint density at radius 2 is 1.94 bits per heavy atom. The average molecular weight is 317 g/mol. The SMILES string of the molecule is NC(=O)C1C(c2cc(F)c(Cl)c(Cl)c2)C1(Cl)Cl. The number of carbonyl (C=O) groups excluding carboxylic acids is 1. The van der Waals surface area contributed by atoms with Gasteiger partial charge in [-0.15, -0.1) is 23.2 Å². The van der Waals surface area contributed by atoms with E-state index in [9.17, 15) is 9.18 Å². The first kappa shape index (κ1) is 13.2. The Morgan fingerprint density at radius 3 is 2.35 bits per heavy atom. The smallest absolute Gasteiger partial charge is 0.224 e. The van der Waals surface area contributed by atoms with Crippen LogP contribution in [0.1, 0.15) is 11.5 Å². The Balaban J connectivity index is 2.41. The third-order valence-electron chi connectivity index (χ3n) is 2.73. The Morgan fingerprint density at radius 1 is 1.35 bits per heavy atom. The van der Waals surface area contributed by atoms with Gasteiger partial charge in [-0.1, -0.05) is 23.2 Å². The second kappa shape index (κ2) is 4.16. The third kappa shape index (κ3) is 2.10. The number of nitrogens with two attached hydrogens (primary N) is 1. The van der Waals surface area contributed by atoms with E-state index in [1.807, 2.05) is 0 Å². The molecule has 0 bridgehead atoms. The molecule has 1 aromatic carbocycles. The van der Waals surface area contributed by atoms with Crippen LogP contribution in [0, 0.1) is 11.7 Å². The summed E-state index contributed by atoms with van der Waals surface area (Å²) < 4.78 is 12.1. The minimum absolute atomic E-state index is 0.0425. The summed E-state index contributed by atoms with van der Waals surface area (Å²) in [5.74, 6) is -2.63. The van der Waals surface area contributed by atoms with Gasteiger partial charge in [-0.2, -0.15) is 0 Å². The summed E-state index contributed by atoms with van der Waals surface area (Å²) in [5, 5.41) is -0.137. The predicted octanol–water partition coefficient (Wildman–Crippen LogP) is 3.51. The lowest BCUT2D eigenvalue weighted by Crippen LogP contribution is -2.16. The van der Waals surface area contributed by atoms with Gasteiger partial charge in [-0.3, -0.25) is 4.79 Å². The fraction of sp³-hybridized carbons (Fsp3) is 0.300. The lowest BCUT2D eigenvalue weighted by Gasteiger charge is -2.04. The number of carbonyl (C=O) groups is 1. The molecule has 2 unspecified atom stereocenters. The van der Waals surface area contributed by atoms with Crippen LogP contribution in [0.3, 0.4) is 0 Å². The Bertz CT molecular complexity index is 482. The van der Waals surface area contributed by atoms with E-state index >= 15 is 0 Å². The lowest BCUT2D eigenvalue weighted by molar-refractivity contribution is -0.119. The molecular weight excluding hydrogens is 311 g/mol. The highest BCUT2D eigenvalue weighted by molar-refractivity contribution is 6.53. The number of amides is 1. The van der Waals surface area contributed by atoms with Crippen LogP contribution in [0.5, 0.6) is 0 Å². The molecule has 92 valence electrons. The van der Waals surface area contributed by atoms with Crippen LogP contribution in [0.15, 0.2) is 12.1 Å². The third-order valence-corrected chi connectivity index (χ3v) is 4.44. The molecule has 0 spiro atoms. The number of benzene rings is 1. The van der Waals surface area contributed by atoms with Gasteiger partial charge >= 0.3 is 0 Å². The van der Waals surface area contributed by atoms with Gasteiger partial charge in [0.15, 0.2) is 0 Å². The van der Waals surface area contributed by atoms with Crippen LogP contribution < -0.4 is 5.73 Å². The molecule has 0 aromatic heterocycles. The standard InChI is InChI=1S/C10H6Cl4FNO/c11-4-1-3(2-5(15)8(4)12)6-7(9(16)17)10(6,13)14/h1-2,6-7H,(H2,16,17). The molecule has 1 aliphatic carbocycles. The summed E-state index contributed by atoms with van der Waals surface area (Å²) in [6.07, 6.45) is 0. The molecule has 7 heteroatoms. The predicted molar refractivity (Wildman–Crippen MR) is 66.3 cm³/mol. The first-order chi connectivity index (χ1) is 7.76. The van der Waals surface area contributed by atoms with Gasteiger partial charge in [-0.05, 0) is 17.7 Å². The maximum absolute atomic E-state index is 13.4. The number of halogens is 5. The van der Waals surface area contributed by atoms with Crippen molar-refractivity contribution >= 4 is 52.3 Å². The molecule has 1 aliphatic rings. The molecule has 1 amide bonds. The normalized spacial score (nSPS) is 25.7. The maximum Gasteiger partial charge on any atom is 0.224 e. The van der Waals surface area contributed by atoms with Crippen LogP contribution >= 0.6 is 46.4 Å². The molecule has 2 N–H and O–H groups in total. The molecule has 2 atom stereocenters. The Kier molecular flexibility index (Phi) is 3.24. The zero-order valence-corrected chi connectivity index (χ0v) is 11.2. The Hall–Kier alpha value is -0.220. The summed E-state index contributed by atoms with van der Waals surface area (Å²) in [6.45, 7) is 0. The highest BCUT2D eigenvalue weighted by atomic mass is 35.5. The molecular formula is C10H6Cl4FNO. The summed E-state index contributed by atoms with van der Waals surface area (Å²) in [6, 6.07) is 2.58. The van der Waals surface area contributed by atoms with Crippen LogP contribution in [-0.2, 0) is 4.79 Å². The van der Waals surface area contributed by atoms with E-state index in [4.69, 9.17) is 52.1 Å². The first-order valence-electron chi connectivity index (χ1n) is 4.58. The van der Waals surface area contributed by atoms with Crippen LogP contribution in [0.4, 0.5) is 4.39 Å². The molecule has 1 fully saturated rings. The van der Waals surface area contributed by atoms with Crippen LogP contribution in [-0.4, -0.2) is 10.2 Å². The van der Waals surface area contributed by atoms with E-state index in [-0.39, 0.29) is 10.0 Å².